The number of fused-ring (bicyclic) bond motifs is 5. The van der Waals surface area contributed by atoms with Gasteiger partial charge < -0.3 is 40.1 Å². The third-order valence-corrected chi connectivity index (χ3v) is 11.5. The van der Waals surface area contributed by atoms with Crippen molar-refractivity contribution in [2.45, 2.75) is 128 Å². The number of hydrogen-bond acceptors (Lipinski definition) is 8. The molecule has 0 bridgehead atoms. The lowest BCUT2D eigenvalue weighted by atomic mass is 9.43. The van der Waals surface area contributed by atoms with Crippen LogP contribution in [0, 0.1) is 46.3 Å². The van der Waals surface area contributed by atoms with Gasteiger partial charge in [0, 0.05) is 11.9 Å². The summed E-state index contributed by atoms with van der Waals surface area (Å²) in [6.45, 7) is 5.96. The van der Waals surface area contributed by atoms with E-state index in [1.54, 1.807) is 0 Å². The Bertz CT molecular complexity index is 1180. The summed E-state index contributed by atoms with van der Waals surface area (Å²) in [7, 11) is 0. The van der Waals surface area contributed by atoms with Crippen molar-refractivity contribution in [3.8, 4) is 0 Å². The number of ether oxygens (including phenoxy) is 2. The van der Waals surface area contributed by atoms with Gasteiger partial charge in [0.15, 0.2) is 12.4 Å². The van der Waals surface area contributed by atoms with Gasteiger partial charge in [-0.05, 0) is 104 Å². The summed E-state index contributed by atoms with van der Waals surface area (Å²) in [4.78, 5) is 22.9. The second-order valence-electron chi connectivity index (χ2n) is 13.4. The lowest BCUT2D eigenvalue weighted by molar-refractivity contribution is -0.310. The second kappa shape index (κ2) is 11.1. The van der Waals surface area contributed by atoms with Crippen molar-refractivity contribution in [2.75, 3.05) is 0 Å². The molecule has 0 aromatic rings. The molecule has 2 unspecified atom stereocenters. The van der Waals surface area contributed by atoms with Crippen molar-refractivity contribution in [2.24, 2.45) is 46.3 Å². The minimum Gasteiger partial charge on any atom is -0.481 e. The fourth-order valence-electron chi connectivity index (χ4n) is 9.25. The highest BCUT2D eigenvalue weighted by atomic mass is 16.7. The Labute approximate surface area is 243 Å². The highest BCUT2D eigenvalue weighted by Crippen LogP contribution is 2.68. The van der Waals surface area contributed by atoms with Gasteiger partial charge in [-0.25, -0.2) is 4.79 Å². The van der Waals surface area contributed by atoms with Gasteiger partial charge in [0.2, 0.25) is 0 Å². The maximum atomic E-state index is 11.8. The molecule has 40 heavy (non-hydrogen) atoms. The average molecular weight is 574 g/mol. The van der Waals surface area contributed by atoms with E-state index in [1.807, 2.05) is 13.8 Å². The number of hydrogen-bond donors (Lipinski definition) is 6. The maximum Gasteiger partial charge on any atom is 0.335 e. The number of aliphatic carboxylic acids is 2. The Hall–Kier alpha value is -1.30. The molecule has 0 radical (unpaired) electrons. The van der Waals surface area contributed by atoms with Gasteiger partial charge in [0.1, 0.15) is 18.3 Å². The smallest absolute Gasteiger partial charge is 0.335 e. The summed E-state index contributed by atoms with van der Waals surface area (Å²) in [5.74, 6) is -3.35. The molecule has 0 aromatic heterocycles. The first-order valence-corrected chi connectivity index (χ1v) is 14.6. The van der Waals surface area contributed by atoms with E-state index in [0.29, 0.717) is 25.7 Å². The number of carboxylic acids is 2. The number of aliphatic hydroxyl groups excluding tert-OH is 4. The van der Waals surface area contributed by atoms with Crippen LogP contribution < -0.4 is 0 Å². The van der Waals surface area contributed by atoms with Crippen LogP contribution in [-0.4, -0.2) is 85.5 Å². The third-order valence-electron chi connectivity index (χ3n) is 11.5. The van der Waals surface area contributed by atoms with E-state index in [-0.39, 0.29) is 42.4 Å². The lowest BCUT2D eigenvalue weighted by Crippen LogP contribution is -2.61. The fraction of sp³-hybridized carbons (Fsp3) is 0.933. The number of carbonyl (C=O) groups is 2. The van der Waals surface area contributed by atoms with E-state index in [4.69, 9.17) is 13.6 Å². The molecule has 1 saturated heterocycles. The zero-order valence-electron chi connectivity index (χ0n) is 28.4. The molecule has 15 atom stereocenters. The molecule has 4 saturated carbocycles. The molecule has 5 rings (SSSR count). The largest absolute Gasteiger partial charge is 0.481 e. The first-order chi connectivity index (χ1) is 20.6. The lowest BCUT2D eigenvalue weighted by Gasteiger charge is -2.62. The third kappa shape index (κ3) is 4.90. The van der Waals surface area contributed by atoms with Gasteiger partial charge in [-0.2, -0.15) is 0 Å². The van der Waals surface area contributed by atoms with Crippen LogP contribution in [0.15, 0.2) is 0 Å². The summed E-state index contributed by atoms with van der Waals surface area (Å²) >= 11 is 0. The van der Waals surface area contributed by atoms with Crippen LogP contribution in [-0.2, 0) is 19.1 Å². The van der Waals surface area contributed by atoms with Gasteiger partial charge in [-0.3, -0.25) is 4.79 Å². The number of carboxylic acid groups (broad SMARTS) is 2. The Morgan fingerprint density at radius 2 is 1.77 bits per heavy atom. The van der Waals surface area contributed by atoms with Gasteiger partial charge >= 0.3 is 11.9 Å². The minimum absolute atomic E-state index is 0.0564. The maximum absolute atomic E-state index is 11.8. The van der Waals surface area contributed by atoms with Crippen LogP contribution in [0.1, 0.15) is 91.7 Å². The van der Waals surface area contributed by atoms with Gasteiger partial charge in [0.25, 0.3) is 0 Å². The van der Waals surface area contributed by atoms with Crippen LogP contribution >= 0.6 is 0 Å². The van der Waals surface area contributed by atoms with E-state index in [1.165, 1.54) is 0 Å². The molecule has 1 aliphatic heterocycles. The summed E-state index contributed by atoms with van der Waals surface area (Å²) in [6, 6.07) is 0. The van der Waals surface area contributed by atoms with Crippen molar-refractivity contribution in [3.05, 3.63) is 0 Å². The molecule has 10 heteroatoms. The van der Waals surface area contributed by atoms with E-state index in [2.05, 4.69) is 6.92 Å². The number of rotatable bonds is 7. The Morgan fingerprint density at radius 1 is 1.05 bits per heavy atom. The number of aliphatic hydroxyl groups is 4. The van der Waals surface area contributed by atoms with Crippen molar-refractivity contribution in [1.82, 2.24) is 0 Å². The standard InChI is InChI=1S/C30H48O10/c1-14(4-9-22(32)33)18-7-8-19-17-6-5-15-12-16(10-11-29(15,2)20(17)13-21(31)30(18,19)3)39-28-25(36)23(34)24(35)26(40-28)27(37)38/h14-21,23-26,28,31,34-36H,4-13H2,1-3H3,(H,32,33)(H,37,38)/t14-,15-,16-,17?,18-,19+,20?,21+,23+,24+,25-,26+,28-,29+,30-/m1/s1/i10D2,12D2,16D. The SMILES string of the molecule is [2H]C1([2H])C[C@]2(C)C3C[C@H](O)[C@]4(C)[C@@H]([C@H](C)CCC(=O)O)CC[C@H]4C3CC[C@@H]2C([2H])([2H])[C@]1([2H])O[C@@H]1O[C@H](C(=O)O)[C@@H](O)[C@H](O)[C@H]1O. The van der Waals surface area contributed by atoms with Crippen LogP contribution in [0.5, 0.6) is 0 Å². The van der Waals surface area contributed by atoms with Gasteiger partial charge in [-0.1, -0.05) is 20.8 Å². The van der Waals surface area contributed by atoms with Crippen molar-refractivity contribution < 1.29 is 56.6 Å². The Kier molecular flexibility index (Phi) is 6.70. The van der Waals surface area contributed by atoms with Crippen molar-refractivity contribution >= 4 is 11.9 Å². The second-order valence-corrected chi connectivity index (χ2v) is 13.4. The summed E-state index contributed by atoms with van der Waals surface area (Å²) in [6.07, 6.45) is -16.3. The molecule has 10 nitrogen and oxygen atoms in total. The molecule has 5 aliphatic rings. The van der Waals surface area contributed by atoms with E-state index < -0.39 is 84.3 Å². The summed E-state index contributed by atoms with van der Waals surface area (Å²) < 4.78 is 56.5. The summed E-state index contributed by atoms with van der Waals surface area (Å²) in [5.41, 5.74) is -1.46. The van der Waals surface area contributed by atoms with Crippen LogP contribution in [0.4, 0.5) is 0 Å². The molecular formula is C30H48O10. The molecular weight excluding hydrogens is 520 g/mol. The Balaban J connectivity index is 1.43. The van der Waals surface area contributed by atoms with Crippen molar-refractivity contribution in [3.63, 3.8) is 0 Å². The molecule has 4 aliphatic carbocycles. The first-order valence-electron chi connectivity index (χ1n) is 17.1. The van der Waals surface area contributed by atoms with E-state index >= 15 is 0 Å². The minimum atomic E-state index is -2.99. The summed E-state index contributed by atoms with van der Waals surface area (Å²) in [5, 5.41) is 61.4. The fourth-order valence-corrected chi connectivity index (χ4v) is 9.25. The topological polar surface area (TPSA) is 174 Å². The van der Waals surface area contributed by atoms with E-state index in [0.717, 1.165) is 12.8 Å². The quantitative estimate of drug-likeness (QED) is 0.248. The average Bonchev–Trinajstić information content (AvgIpc) is 3.30. The highest BCUT2D eigenvalue weighted by Gasteiger charge is 2.64. The predicted molar refractivity (Wildman–Crippen MR) is 142 cm³/mol. The molecule has 0 aromatic carbocycles. The van der Waals surface area contributed by atoms with Crippen LogP contribution in [0.25, 0.3) is 0 Å². The van der Waals surface area contributed by atoms with Gasteiger partial charge in [0.05, 0.1) is 13.6 Å². The van der Waals surface area contributed by atoms with Crippen LogP contribution in [0.3, 0.4) is 0 Å². The van der Waals surface area contributed by atoms with Crippen LogP contribution in [0.2, 0.25) is 0 Å². The monoisotopic (exact) mass is 573 g/mol. The predicted octanol–water partition coefficient (Wildman–Crippen LogP) is 2.39. The van der Waals surface area contributed by atoms with E-state index in [9.17, 15) is 43.0 Å². The zero-order valence-corrected chi connectivity index (χ0v) is 23.4. The van der Waals surface area contributed by atoms with Gasteiger partial charge in [-0.15, -0.1) is 0 Å². The normalized spacial score (nSPS) is 57.5. The zero-order chi connectivity index (χ0) is 33.7. The molecule has 6 N–H and O–H groups in total. The molecule has 1 heterocycles. The molecule has 5 fully saturated rings. The molecule has 0 spiro atoms. The molecule has 228 valence electrons. The highest BCUT2D eigenvalue weighted by molar-refractivity contribution is 5.73. The first kappa shape index (κ1) is 24.2. The van der Waals surface area contributed by atoms with Crippen molar-refractivity contribution in [1.29, 1.82) is 0 Å². The molecule has 0 amide bonds. The Morgan fingerprint density at radius 3 is 2.45 bits per heavy atom.